The van der Waals surface area contributed by atoms with Crippen LogP contribution in [-0.4, -0.2) is 0 Å². The Morgan fingerprint density at radius 1 is 0.404 bits per heavy atom. The molecule has 2 atom stereocenters. The Balaban J connectivity index is 1.46. The van der Waals surface area contributed by atoms with E-state index < -0.39 is 40.5 Å². The molecule has 0 saturated heterocycles. The molecule has 52 heavy (non-hydrogen) atoms. The zero-order valence-corrected chi connectivity index (χ0v) is 38.4. The summed E-state index contributed by atoms with van der Waals surface area (Å²) in [7, 11) is 0. The van der Waals surface area contributed by atoms with Crippen LogP contribution in [0.5, 0.6) is 0 Å². The van der Waals surface area contributed by atoms with Gasteiger partial charge in [0.15, 0.2) is 0 Å². The molecule has 0 spiro atoms. The van der Waals surface area contributed by atoms with Gasteiger partial charge in [-0.1, -0.05) is 0 Å². The van der Waals surface area contributed by atoms with E-state index in [4.69, 9.17) is 0 Å². The maximum absolute atomic E-state index is 2.87. The van der Waals surface area contributed by atoms with Gasteiger partial charge in [-0.2, -0.15) is 0 Å². The molecule has 0 aliphatic heterocycles. The number of hydrogen-bond donors (Lipinski definition) is 0. The Labute approximate surface area is 327 Å². The quantitative estimate of drug-likeness (QED) is 0.0882. The van der Waals surface area contributed by atoms with Crippen LogP contribution in [0.1, 0.15) is 122 Å². The fourth-order valence-corrected chi connectivity index (χ4v) is 55.6. The van der Waals surface area contributed by atoms with Gasteiger partial charge in [-0.25, -0.2) is 0 Å². The molecule has 0 radical (unpaired) electrons. The minimum absolute atomic E-state index is 0.726. The van der Waals surface area contributed by atoms with Crippen molar-refractivity contribution in [3.8, 4) is 22.3 Å². The molecule has 2 heteroatoms. The van der Waals surface area contributed by atoms with Crippen LogP contribution in [0, 0.1) is 0 Å². The average Bonchev–Trinajstić information content (AvgIpc) is 3.72. The van der Waals surface area contributed by atoms with Gasteiger partial charge < -0.3 is 0 Å². The summed E-state index contributed by atoms with van der Waals surface area (Å²) in [5, 5.41) is 0. The zero-order valence-electron chi connectivity index (χ0n) is 33.4. The van der Waals surface area contributed by atoms with E-state index in [1.807, 2.05) is 0 Å². The van der Waals surface area contributed by atoms with E-state index in [-0.39, 0.29) is 0 Å². The third-order valence-corrected chi connectivity index (χ3v) is 45.4. The molecule has 0 bridgehead atoms. The Kier molecular flexibility index (Phi) is 14.3. The first-order valence-electron chi connectivity index (χ1n) is 21.1. The second-order valence-corrected chi connectivity index (χ2v) is 40.2. The molecule has 4 aromatic carbocycles. The first kappa shape index (κ1) is 39.8. The van der Waals surface area contributed by atoms with E-state index in [1.54, 1.807) is 58.2 Å². The van der Waals surface area contributed by atoms with Crippen molar-refractivity contribution in [3.63, 3.8) is 0 Å². The van der Waals surface area contributed by atoms with Gasteiger partial charge in [0.05, 0.1) is 0 Å². The summed E-state index contributed by atoms with van der Waals surface area (Å²) in [4.78, 5) is 0. The summed E-state index contributed by atoms with van der Waals surface area (Å²) >= 11 is -5.74. The topological polar surface area (TPSA) is 0 Å². The molecule has 2 aliphatic carbocycles. The van der Waals surface area contributed by atoms with Crippen molar-refractivity contribution in [2.75, 3.05) is 0 Å². The number of fused-ring (bicyclic) bond motifs is 2. The standard InChI is InChI=1S/2C16H13.4C4H9.C2H4.2Zr/c2*1-12-10-14-8-5-9-15(16(14)11-12)13-6-3-2-4-7-13;4*1-3-4-2;1-2;;/h2*2-11H,1H3;4*1,3-4H2,2H3;1-2H2;;. The Bertz CT molecular complexity index is 1660. The van der Waals surface area contributed by atoms with Crippen LogP contribution in [0.3, 0.4) is 0 Å². The van der Waals surface area contributed by atoms with Crippen molar-refractivity contribution in [3.05, 3.63) is 130 Å². The maximum atomic E-state index is 2.65. The second-order valence-electron chi connectivity index (χ2n) is 16.6. The van der Waals surface area contributed by atoms with Gasteiger partial charge in [0, 0.05) is 0 Å². The number of hydrogen-bond acceptors (Lipinski definition) is 0. The molecule has 0 heterocycles. The Morgan fingerprint density at radius 2 is 0.750 bits per heavy atom. The molecule has 0 aromatic heterocycles. The summed E-state index contributed by atoms with van der Waals surface area (Å²) in [6, 6.07) is 37.2. The van der Waals surface area contributed by atoms with E-state index in [0.717, 1.165) is 7.25 Å². The number of rotatable bonds is 19. The van der Waals surface area contributed by atoms with E-state index in [1.165, 1.54) is 73.6 Å². The van der Waals surface area contributed by atoms with Crippen molar-refractivity contribution >= 4 is 12.2 Å². The van der Waals surface area contributed by atoms with Crippen molar-refractivity contribution in [2.24, 2.45) is 0 Å². The molecule has 0 N–H and O–H groups in total. The SMILES string of the molecule is CCC[CH2][Zr]([CH2]CCC)([CH2][CH2][Zr]([CH2]CCC)([CH2]CCC)[CH]1C(C)=Cc2c(-c3ccccc3)cccc21)[CH]1C(C)=Cc2c(-c3ccccc3)cccc21. The normalized spacial score (nSPS) is 16.8. The summed E-state index contributed by atoms with van der Waals surface area (Å²) in [5.74, 6) is 0. The van der Waals surface area contributed by atoms with Crippen LogP contribution in [0.15, 0.2) is 108 Å². The van der Waals surface area contributed by atoms with E-state index >= 15 is 0 Å². The summed E-state index contributed by atoms with van der Waals surface area (Å²) in [6.45, 7) is 14.9. The first-order valence-corrected chi connectivity index (χ1v) is 34.4. The predicted octanol–water partition coefficient (Wildman–Crippen LogP) is 16.7. The van der Waals surface area contributed by atoms with Crippen molar-refractivity contribution in [1.29, 1.82) is 0 Å². The molecule has 274 valence electrons. The third-order valence-electron chi connectivity index (χ3n) is 13.2. The fourth-order valence-electron chi connectivity index (χ4n) is 10.7. The van der Waals surface area contributed by atoms with Gasteiger partial charge in [-0.15, -0.1) is 0 Å². The molecule has 4 aromatic rings. The summed E-state index contributed by atoms with van der Waals surface area (Å²) in [6.07, 6.45) is 16.3. The van der Waals surface area contributed by atoms with Crippen LogP contribution in [0.2, 0.25) is 24.8 Å². The van der Waals surface area contributed by atoms with E-state index in [9.17, 15) is 0 Å². The molecule has 2 aliphatic rings. The van der Waals surface area contributed by atoms with Crippen molar-refractivity contribution < 1.29 is 40.5 Å². The summed E-state index contributed by atoms with van der Waals surface area (Å²) < 4.78 is 10.9. The van der Waals surface area contributed by atoms with Crippen LogP contribution in [0.25, 0.3) is 34.4 Å². The molecule has 0 fully saturated rings. The van der Waals surface area contributed by atoms with Gasteiger partial charge >= 0.3 is 330 Å². The van der Waals surface area contributed by atoms with Gasteiger partial charge in [-0.3, -0.25) is 0 Å². The molecular formula is C50H66Zr2. The molecule has 0 saturated carbocycles. The Morgan fingerprint density at radius 3 is 1.08 bits per heavy atom. The van der Waals surface area contributed by atoms with Crippen LogP contribution >= 0.6 is 0 Å². The van der Waals surface area contributed by atoms with Crippen LogP contribution in [0.4, 0.5) is 0 Å². The molecule has 0 nitrogen and oxygen atoms in total. The van der Waals surface area contributed by atoms with Gasteiger partial charge in [0.25, 0.3) is 0 Å². The molecule has 2 unspecified atom stereocenters. The fraction of sp³-hybridized carbons (Fsp3) is 0.440. The van der Waals surface area contributed by atoms with E-state index in [2.05, 4.69) is 151 Å². The van der Waals surface area contributed by atoms with Crippen LogP contribution < -0.4 is 0 Å². The molecular weight excluding hydrogens is 783 g/mol. The zero-order chi connectivity index (χ0) is 36.6. The van der Waals surface area contributed by atoms with Crippen molar-refractivity contribution in [1.82, 2.24) is 0 Å². The van der Waals surface area contributed by atoms with Crippen LogP contribution in [-0.2, 0) is 40.5 Å². The average molecular weight is 850 g/mol. The van der Waals surface area contributed by atoms with Crippen molar-refractivity contribution in [2.45, 2.75) is 125 Å². The summed E-state index contributed by atoms with van der Waals surface area (Å²) in [5.41, 5.74) is 15.6. The van der Waals surface area contributed by atoms with Gasteiger partial charge in [-0.05, 0) is 0 Å². The predicted molar refractivity (Wildman–Crippen MR) is 225 cm³/mol. The number of unbranched alkanes of at least 4 members (excludes halogenated alkanes) is 4. The van der Waals surface area contributed by atoms with E-state index in [0.29, 0.717) is 0 Å². The Hall–Kier alpha value is -1.87. The monoisotopic (exact) mass is 846 g/mol. The minimum atomic E-state index is -2.87. The first-order chi connectivity index (χ1) is 25.4. The van der Waals surface area contributed by atoms with Gasteiger partial charge in [0.2, 0.25) is 0 Å². The van der Waals surface area contributed by atoms with Gasteiger partial charge in [0.1, 0.15) is 0 Å². The number of benzene rings is 4. The second kappa shape index (κ2) is 18.6. The molecule has 0 amide bonds. The third kappa shape index (κ3) is 8.35. The molecule has 6 rings (SSSR count). The number of allylic oxidation sites excluding steroid dienone is 2.